The monoisotopic (exact) mass is 313 g/mol. The molecule has 0 aliphatic heterocycles. The smallest absolute Gasteiger partial charge is 0.0311 e. The fraction of sp³-hybridized carbons (Fsp3) is 0.571. The molecule has 3 heteroatoms. The van der Waals surface area contributed by atoms with Gasteiger partial charge in [0.25, 0.3) is 0 Å². The van der Waals surface area contributed by atoms with E-state index in [1.54, 1.807) is 0 Å². The lowest BCUT2D eigenvalue weighted by atomic mass is 9.87. The molecule has 0 saturated heterocycles. The normalized spacial score (nSPS) is 27.3. The van der Waals surface area contributed by atoms with E-state index in [1.807, 2.05) is 11.8 Å². The van der Waals surface area contributed by atoms with E-state index < -0.39 is 0 Å². The van der Waals surface area contributed by atoms with Crippen LogP contribution in [0.4, 0.5) is 0 Å². The van der Waals surface area contributed by atoms with Crippen LogP contribution in [-0.4, -0.2) is 18.3 Å². The number of rotatable bonds is 3. The molecule has 1 saturated carbocycles. The van der Waals surface area contributed by atoms with Gasteiger partial charge in [-0.3, -0.25) is 0 Å². The van der Waals surface area contributed by atoms with Crippen LogP contribution < -0.4 is 5.32 Å². The van der Waals surface area contributed by atoms with Crippen molar-refractivity contribution in [2.75, 3.05) is 7.05 Å². The summed E-state index contributed by atoms with van der Waals surface area (Å²) in [5, 5.41) is 4.18. The van der Waals surface area contributed by atoms with Crippen LogP contribution in [0.2, 0.25) is 0 Å². The van der Waals surface area contributed by atoms with Gasteiger partial charge in [-0.15, -0.1) is 11.8 Å². The van der Waals surface area contributed by atoms with Gasteiger partial charge in [0.05, 0.1) is 0 Å². The van der Waals surface area contributed by atoms with Crippen LogP contribution in [-0.2, 0) is 0 Å². The van der Waals surface area contributed by atoms with E-state index in [9.17, 15) is 0 Å². The summed E-state index contributed by atoms with van der Waals surface area (Å²) in [6.45, 7) is 4.74. The van der Waals surface area contributed by atoms with Crippen molar-refractivity contribution in [3.05, 3.63) is 28.7 Å². The average molecular weight is 314 g/mol. The van der Waals surface area contributed by atoms with Crippen molar-refractivity contribution in [1.29, 1.82) is 0 Å². The highest BCUT2D eigenvalue weighted by Crippen LogP contribution is 2.45. The maximum Gasteiger partial charge on any atom is 0.0311 e. The number of halogens is 1. The van der Waals surface area contributed by atoms with Crippen LogP contribution in [0.3, 0.4) is 0 Å². The molecular formula is C14H20BrNS. The molecule has 0 bridgehead atoms. The Hall–Kier alpha value is 0.01000. The lowest BCUT2D eigenvalue weighted by Crippen LogP contribution is -2.41. The molecule has 0 spiro atoms. The van der Waals surface area contributed by atoms with Gasteiger partial charge in [-0.25, -0.2) is 0 Å². The lowest BCUT2D eigenvalue weighted by Gasteiger charge is -2.30. The summed E-state index contributed by atoms with van der Waals surface area (Å²) in [5.74, 6) is 0. The van der Waals surface area contributed by atoms with E-state index in [0.717, 1.165) is 0 Å². The SMILES string of the molecule is CNC1C(Sc2ccccc2Br)CCC1(C)C. The van der Waals surface area contributed by atoms with Gasteiger partial charge in [0.15, 0.2) is 0 Å². The summed E-state index contributed by atoms with van der Waals surface area (Å²) in [7, 11) is 2.09. The van der Waals surface area contributed by atoms with Crippen LogP contribution in [0.15, 0.2) is 33.6 Å². The minimum atomic E-state index is 0.410. The van der Waals surface area contributed by atoms with E-state index >= 15 is 0 Å². The van der Waals surface area contributed by atoms with E-state index in [1.165, 1.54) is 22.2 Å². The zero-order chi connectivity index (χ0) is 12.5. The van der Waals surface area contributed by atoms with Gasteiger partial charge in [0.1, 0.15) is 0 Å². The van der Waals surface area contributed by atoms with Gasteiger partial charge in [-0.05, 0) is 53.4 Å². The zero-order valence-corrected chi connectivity index (χ0v) is 13.1. The van der Waals surface area contributed by atoms with Crippen molar-refractivity contribution in [1.82, 2.24) is 5.32 Å². The number of thioether (sulfide) groups is 1. The second kappa shape index (κ2) is 5.33. The van der Waals surface area contributed by atoms with E-state index in [2.05, 4.69) is 66.4 Å². The van der Waals surface area contributed by atoms with Crippen molar-refractivity contribution < 1.29 is 0 Å². The maximum absolute atomic E-state index is 3.63. The fourth-order valence-corrected chi connectivity index (χ4v) is 4.85. The van der Waals surface area contributed by atoms with Gasteiger partial charge in [0, 0.05) is 20.7 Å². The summed E-state index contributed by atoms with van der Waals surface area (Å²) in [5.41, 5.74) is 0.410. The molecule has 1 N–H and O–H groups in total. The first kappa shape index (κ1) is 13.4. The lowest BCUT2D eigenvalue weighted by molar-refractivity contribution is 0.300. The number of benzene rings is 1. The van der Waals surface area contributed by atoms with Crippen molar-refractivity contribution in [3.63, 3.8) is 0 Å². The van der Waals surface area contributed by atoms with Crippen LogP contribution in [0, 0.1) is 5.41 Å². The fourth-order valence-electron chi connectivity index (χ4n) is 2.75. The number of nitrogens with one attached hydrogen (secondary N) is 1. The minimum Gasteiger partial charge on any atom is -0.315 e. The standard InChI is InChI=1S/C14H20BrNS/c1-14(2)9-8-12(13(14)16-3)17-11-7-5-4-6-10(11)15/h4-7,12-13,16H,8-9H2,1-3H3. The first-order valence-electron chi connectivity index (χ1n) is 6.13. The van der Waals surface area contributed by atoms with E-state index in [0.29, 0.717) is 16.7 Å². The predicted octanol–water partition coefficient (Wildman–Crippen LogP) is 4.32. The summed E-state index contributed by atoms with van der Waals surface area (Å²) < 4.78 is 1.21. The molecule has 94 valence electrons. The van der Waals surface area contributed by atoms with Crippen molar-refractivity contribution in [3.8, 4) is 0 Å². The van der Waals surface area contributed by atoms with Crippen molar-refractivity contribution in [2.45, 2.75) is 42.9 Å². The molecule has 2 unspecified atom stereocenters. The van der Waals surface area contributed by atoms with Crippen LogP contribution in [0.1, 0.15) is 26.7 Å². The Bertz CT molecular complexity index is 392. The largest absolute Gasteiger partial charge is 0.315 e. The highest BCUT2D eigenvalue weighted by Gasteiger charge is 2.41. The first-order chi connectivity index (χ1) is 8.04. The second-order valence-electron chi connectivity index (χ2n) is 5.38. The molecule has 0 heterocycles. The van der Waals surface area contributed by atoms with E-state index in [4.69, 9.17) is 0 Å². The first-order valence-corrected chi connectivity index (χ1v) is 7.80. The van der Waals surface area contributed by atoms with Gasteiger partial charge in [-0.1, -0.05) is 26.0 Å². The Morgan fingerprint density at radius 2 is 2.06 bits per heavy atom. The summed E-state index contributed by atoms with van der Waals surface area (Å²) >= 11 is 5.64. The van der Waals surface area contributed by atoms with Gasteiger partial charge < -0.3 is 5.32 Å². The average Bonchev–Trinajstić information content (AvgIpc) is 2.57. The van der Waals surface area contributed by atoms with Gasteiger partial charge in [0.2, 0.25) is 0 Å². The molecule has 1 aromatic rings. The molecule has 1 aromatic carbocycles. The Morgan fingerprint density at radius 1 is 1.35 bits per heavy atom. The van der Waals surface area contributed by atoms with Crippen molar-refractivity contribution in [2.24, 2.45) is 5.41 Å². The van der Waals surface area contributed by atoms with Gasteiger partial charge in [-0.2, -0.15) is 0 Å². The third-order valence-corrected chi connectivity index (χ3v) is 6.09. The van der Waals surface area contributed by atoms with Gasteiger partial charge >= 0.3 is 0 Å². The zero-order valence-electron chi connectivity index (χ0n) is 10.7. The summed E-state index contributed by atoms with van der Waals surface area (Å²) in [4.78, 5) is 1.36. The molecule has 2 rings (SSSR count). The molecule has 0 aromatic heterocycles. The Morgan fingerprint density at radius 3 is 2.71 bits per heavy atom. The second-order valence-corrected chi connectivity index (χ2v) is 7.52. The van der Waals surface area contributed by atoms with Crippen LogP contribution in [0.5, 0.6) is 0 Å². The molecule has 17 heavy (non-hydrogen) atoms. The highest BCUT2D eigenvalue weighted by atomic mass is 79.9. The van der Waals surface area contributed by atoms with Crippen LogP contribution in [0.25, 0.3) is 0 Å². The molecule has 1 aliphatic rings. The maximum atomic E-state index is 3.63. The summed E-state index contributed by atoms with van der Waals surface area (Å²) in [6.07, 6.45) is 2.60. The Kier molecular flexibility index (Phi) is 4.22. The third kappa shape index (κ3) is 2.88. The summed E-state index contributed by atoms with van der Waals surface area (Å²) in [6, 6.07) is 9.10. The molecule has 0 amide bonds. The van der Waals surface area contributed by atoms with E-state index in [-0.39, 0.29) is 0 Å². The molecule has 1 nitrogen and oxygen atoms in total. The number of hydrogen-bond donors (Lipinski definition) is 1. The molecule has 1 fully saturated rings. The topological polar surface area (TPSA) is 12.0 Å². The molecular weight excluding hydrogens is 294 g/mol. The third-order valence-electron chi connectivity index (χ3n) is 3.71. The minimum absolute atomic E-state index is 0.410. The highest BCUT2D eigenvalue weighted by molar-refractivity contribution is 9.10. The molecule has 1 aliphatic carbocycles. The van der Waals surface area contributed by atoms with Crippen LogP contribution >= 0.6 is 27.7 Å². The molecule has 0 radical (unpaired) electrons. The quantitative estimate of drug-likeness (QED) is 0.892. The molecule has 2 atom stereocenters. The Labute approximate surface area is 117 Å². The Balaban J connectivity index is 2.12. The van der Waals surface area contributed by atoms with Crippen molar-refractivity contribution >= 4 is 27.7 Å². The number of hydrogen-bond acceptors (Lipinski definition) is 2. The predicted molar refractivity (Wildman–Crippen MR) is 79.6 cm³/mol.